The zero-order chi connectivity index (χ0) is 20.6. The zero-order valence-electron chi connectivity index (χ0n) is 18.1. The van der Waals surface area contributed by atoms with Gasteiger partial charge in [0.05, 0.1) is 0 Å². The lowest BCUT2D eigenvalue weighted by molar-refractivity contribution is -0.147. The molecule has 3 rings (SSSR count). The van der Waals surface area contributed by atoms with Crippen LogP contribution >= 0.6 is 24.0 Å². The lowest BCUT2D eigenvalue weighted by Gasteiger charge is -2.29. The lowest BCUT2D eigenvalue weighted by Crippen LogP contribution is -2.46. The minimum Gasteiger partial charge on any atom is -0.372 e. The maximum Gasteiger partial charge on any atom is 0.229 e. The number of benzene rings is 1. The van der Waals surface area contributed by atoms with Crippen LogP contribution < -0.4 is 10.2 Å². The van der Waals surface area contributed by atoms with Crippen molar-refractivity contribution in [3.8, 4) is 0 Å². The Morgan fingerprint density at radius 3 is 2.27 bits per heavy atom. The summed E-state index contributed by atoms with van der Waals surface area (Å²) in [7, 11) is 3.74. The van der Waals surface area contributed by atoms with Gasteiger partial charge in [0, 0.05) is 65.3 Å². The molecule has 0 radical (unpaired) electrons. The largest absolute Gasteiger partial charge is 0.372 e. The maximum atomic E-state index is 11.9. The molecule has 7 nitrogen and oxygen atoms in total. The molecule has 1 aromatic rings. The molecule has 8 heteroatoms. The highest BCUT2D eigenvalue weighted by Crippen LogP contribution is 2.20. The minimum atomic E-state index is -0.0693. The first-order valence-electron chi connectivity index (χ1n) is 10.7. The number of hydrogen-bond donors (Lipinski definition) is 1. The van der Waals surface area contributed by atoms with Crippen molar-refractivity contribution in [2.24, 2.45) is 4.99 Å². The fourth-order valence-corrected chi connectivity index (χ4v) is 4.03. The lowest BCUT2D eigenvalue weighted by atomic mass is 10.1. The molecule has 2 heterocycles. The van der Waals surface area contributed by atoms with E-state index in [2.05, 4.69) is 44.4 Å². The van der Waals surface area contributed by atoms with Gasteiger partial charge in [-0.05, 0) is 43.4 Å². The molecule has 0 aromatic heterocycles. The molecule has 30 heavy (non-hydrogen) atoms. The van der Waals surface area contributed by atoms with Crippen LogP contribution in [0.15, 0.2) is 29.3 Å². The first kappa shape index (κ1) is 24.4. The first-order chi connectivity index (χ1) is 14.1. The van der Waals surface area contributed by atoms with E-state index in [-0.39, 0.29) is 35.8 Å². The normalized spacial score (nSPS) is 17.6. The Hall–Kier alpha value is -1.84. The number of rotatable bonds is 6. The smallest absolute Gasteiger partial charge is 0.229 e. The number of imide groups is 1. The van der Waals surface area contributed by atoms with Gasteiger partial charge in [-0.15, -0.1) is 24.0 Å². The van der Waals surface area contributed by atoms with E-state index in [9.17, 15) is 9.59 Å². The molecule has 1 aromatic carbocycles. The number of nitrogens with one attached hydrogen (secondary N) is 1. The van der Waals surface area contributed by atoms with Crippen LogP contribution in [0, 0.1) is 0 Å². The number of halogens is 1. The predicted octanol–water partition coefficient (Wildman–Crippen LogP) is 2.84. The molecule has 2 aliphatic rings. The molecule has 2 fully saturated rings. The van der Waals surface area contributed by atoms with Crippen molar-refractivity contribution in [2.45, 2.75) is 45.1 Å². The summed E-state index contributed by atoms with van der Waals surface area (Å²) in [4.78, 5) is 34.0. The van der Waals surface area contributed by atoms with Gasteiger partial charge >= 0.3 is 0 Å². The summed E-state index contributed by atoms with van der Waals surface area (Å²) in [5.74, 6) is 0.613. The van der Waals surface area contributed by atoms with Crippen LogP contribution in [0.2, 0.25) is 0 Å². The van der Waals surface area contributed by atoms with Gasteiger partial charge in [0.1, 0.15) is 0 Å². The molecule has 0 saturated carbocycles. The highest BCUT2D eigenvalue weighted by Gasteiger charge is 2.25. The number of aliphatic imine (C=N–C) groups is 1. The molecule has 0 aliphatic carbocycles. The average molecular weight is 527 g/mol. The third kappa shape index (κ3) is 6.58. The predicted molar refractivity (Wildman–Crippen MR) is 131 cm³/mol. The van der Waals surface area contributed by atoms with E-state index in [1.807, 2.05) is 7.05 Å². The second kappa shape index (κ2) is 12.1. The maximum absolute atomic E-state index is 11.9. The minimum absolute atomic E-state index is 0. The van der Waals surface area contributed by atoms with Gasteiger partial charge in [0.25, 0.3) is 0 Å². The molecule has 0 bridgehead atoms. The fraction of sp³-hybridized carbons (Fsp3) is 0.591. The summed E-state index contributed by atoms with van der Waals surface area (Å²) < 4.78 is 0. The Morgan fingerprint density at radius 1 is 1.03 bits per heavy atom. The van der Waals surface area contributed by atoms with Crippen LogP contribution in [0.5, 0.6) is 0 Å². The van der Waals surface area contributed by atoms with Crippen molar-refractivity contribution in [1.29, 1.82) is 0 Å². The number of anilines is 1. The van der Waals surface area contributed by atoms with Crippen LogP contribution in [0.25, 0.3) is 0 Å². The molecule has 2 saturated heterocycles. The van der Waals surface area contributed by atoms with Crippen molar-refractivity contribution >= 4 is 47.4 Å². The zero-order valence-corrected chi connectivity index (χ0v) is 20.4. The molecular formula is C22H34IN5O2. The van der Waals surface area contributed by atoms with Gasteiger partial charge < -0.3 is 15.1 Å². The van der Waals surface area contributed by atoms with Crippen LogP contribution in [0.1, 0.15) is 44.1 Å². The molecule has 0 unspecified atom stereocenters. The molecule has 166 valence electrons. The summed E-state index contributed by atoms with van der Waals surface area (Å²) in [6.07, 6.45) is 5.50. The Kier molecular flexibility index (Phi) is 9.87. The van der Waals surface area contributed by atoms with E-state index in [1.165, 1.54) is 35.4 Å². The number of nitrogens with zero attached hydrogens (tertiary/aromatic N) is 4. The van der Waals surface area contributed by atoms with E-state index in [4.69, 9.17) is 0 Å². The van der Waals surface area contributed by atoms with Crippen LogP contribution in [0.4, 0.5) is 5.69 Å². The molecule has 2 aliphatic heterocycles. The first-order valence-corrected chi connectivity index (χ1v) is 10.7. The van der Waals surface area contributed by atoms with E-state index in [0.717, 1.165) is 25.6 Å². The molecule has 2 amide bonds. The summed E-state index contributed by atoms with van der Waals surface area (Å²) in [5.41, 5.74) is 2.52. The number of guanidine groups is 1. The van der Waals surface area contributed by atoms with E-state index in [0.29, 0.717) is 32.4 Å². The second-order valence-corrected chi connectivity index (χ2v) is 7.84. The van der Waals surface area contributed by atoms with Crippen molar-refractivity contribution in [3.05, 3.63) is 29.8 Å². The van der Waals surface area contributed by atoms with Crippen molar-refractivity contribution in [2.75, 3.05) is 45.2 Å². The Labute approximate surface area is 196 Å². The van der Waals surface area contributed by atoms with Crippen molar-refractivity contribution < 1.29 is 9.59 Å². The second-order valence-electron chi connectivity index (χ2n) is 7.84. The number of likely N-dealkylation sites (tertiary alicyclic amines) is 1. The van der Waals surface area contributed by atoms with Gasteiger partial charge in [-0.1, -0.05) is 12.1 Å². The molecular weight excluding hydrogens is 493 g/mol. The van der Waals surface area contributed by atoms with Gasteiger partial charge in [0.15, 0.2) is 5.96 Å². The van der Waals surface area contributed by atoms with E-state index < -0.39 is 0 Å². The third-order valence-corrected chi connectivity index (χ3v) is 5.65. The monoisotopic (exact) mass is 527 g/mol. The highest BCUT2D eigenvalue weighted by atomic mass is 127. The highest BCUT2D eigenvalue weighted by molar-refractivity contribution is 14.0. The number of amides is 2. The summed E-state index contributed by atoms with van der Waals surface area (Å²) in [6.45, 7) is 3.93. The Morgan fingerprint density at radius 2 is 1.67 bits per heavy atom. The fourth-order valence-electron chi connectivity index (χ4n) is 4.03. The number of carbonyl (C=O) groups excluding carboxylic acids is 2. The number of hydrogen-bond acceptors (Lipinski definition) is 4. The standard InChI is InChI=1S/C22H33N5O2.HI/c1-23-22(24-13-16-27-20(28)7-6-8-21(27)29)25(2)17-18-9-11-19(12-10-18)26-14-4-3-5-15-26;/h9-12H,3-8,13-17H2,1-2H3,(H,23,24);1H. The molecule has 0 atom stereocenters. The van der Waals surface area contributed by atoms with Crippen molar-refractivity contribution in [3.63, 3.8) is 0 Å². The van der Waals surface area contributed by atoms with E-state index in [1.54, 1.807) is 7.05 Å². The quantitative estimate of drug-likeness (QED) is 0.267. The SMILES string of the molecule is CN=C(NCCN1C(=O)CCCC1=O)N(C)Cc1ccc(N2CCCCC2)cc1.I. The van der Waals surface area contributed by atoms with Gasteiger partial charge in [-0.2, -0.15) is 0 Å². The summed E-state index contributed by atoms with van der Waals surface area (Å²) >= 11 is 0. The van der Waals surface area contributed by atoms with Crippen LogP contribution in [-0.4, -0.2) is 67.8 Å². The topological polar surface area (TPSA) is 68.2 Å². The number of carbonyl (C=O) groups is 2. The van der Waals surface area contributed by atoms with Crippen LogP contribution in [-0.2, 0) is 16.1 Å². The van der Waals surface area contributed by atoms with Crippen LogP contribution in [0.3, 0.4) is 0 Å². The van der Waals surface area contributed by atoms with Gasteiger partial charge in [-0.25, -0.2) is 0 Å². The van der Waals surface area contributed by atoms with Gasteiger partial charge in [-0.3, -0.25) is 19.5 Å². The Bertz CT molecular complexity index is 716. The molecule has 0 spiro atoms. The van der Waals surface area contributed by atoms with Crippen molar-refractivity contribution in [1.82, 2.24) is 15.1 Å². The number of piperidine rings is 2. The summed E-state index contributed by atoms with van der Waals surface area (Å²) in [5, 5.41) is 3.26. The average Bonchev–Trinajstić information content (AvgIpc) is 2.74. The Balaban J connectivity index is 0.00000320. The molecule has 1 N–H and O–H groups in total. The van der Waals surface area contributed by atoms with E-state index >= 15 is 0 Å². The summed E-state index contributed by atoms with van der Waals surface area (Å²) in [6, 6.07) is 8.77. The van der Waals surface area contributed by atoms with Gasteiger partial charge in [0.2, 0.25) is 11.8 Å². The third-order valence-electron chi connectivity index (χ3n) is 5.65.